The second-order valence-electron chi connectivity index (χ2n) is 5.82. The van der Waals surface area contributed by atoms with Crippen LogP contribution in [0.1, 0.15) is 13.3 Å². The Morgan fingerprint density at radius 3 is 2.65 bits per heavy atom. The highest BCUT2D eigenvalue weighted by Gasteiger charge is 2.39. The maximum Gasteiger partial charge on any atom is 0.227 e. The number of methoxy groups -OCH3 is 1. The van der Waals surface area contributed by atoms with E-state index < -0.39 is 9.84 Å². The molecule has 2 fully saturated rings. The molecule has 0 bridgehead atoms. The molecule has 3 unspecified atom stereocenters. The Morgan fingerprint density at radius 1 is 1.40 bits per heavy atom. The van der Waals surface area contributed by atoms with Crippen molar-refractivity contribution >= 4 is 15.7 Å². The molecule has 0 aromatic carbocycles. The molecule has 0 aromatic rings. The minimum atomic E-state index is -2.99. The number of hydrogen-bond acceptors (Lipinski definition) is 5. The Balaban J connectivity index is 2.08. The molecule has 3 atom stereocenters. The summed E-state index contributed by atoms with van der Waals surface area (Å²) in [5.41, 5.74) is 0. The lowest BCUT2D eigenvalue weighted by Gasteiger charge is -2.31. The largest absolute Gasteiger partial charge is 0.383 e. The molecule has 6 nitrogen and oxygen atoms in total. The van der Waals surface area contributed by atoms with Crippen LogP contribution in [0.2, 0.25) is 0 Å². The van der Waals surface area contributed by atoms with E-state index in [2.05, 4.69) is 12.2 Å². The van der Waals surface area contributed by atoms with Crippen LogP contribution in [0.3, 0.4) is 0 Å². The van der Waals surface area contributed by atoms with Crippen molar-refractivity contribution in [1.82, 2.24) is 10.2 Å². The van der Waals surface area contributed by atoms with Crippen molar-refractivity contribution < 1.29 is 17.9 Å². The van der Waals surface area contributed by atoms with Gasteiger partial charge in [-0.1, -0.05) is 6.92 Å². The summed E-state index contributed by atoms with van der Waals surface area (Å²) in [7, 11) is -1.40. The van der Waals surface area contributed by atoms with Gasteiger partial charge < -0.3 is 15.0 Å². The number of nitrogens with zero attached hydrogens (tertiary/aromatic N) is 1. The second-order valence-corrected chi connectivity index (χ2v) is 8.05. The topological polar surface area (TPSA) is 75.7 Å². The molecule has 1 N–H and O–H groups in total. The Labute approximate surface area is 120 Å². The normalized spacial score (nSPS) is 32.4. The molecule has 2 saturated heterocycles. The molecule has 2 rings (SSSR count). The fraction of sp³-hybridized carbons (Fsp3) is 0.923. The van der Waals surface area contributed by atoms with Gasteiger partial charge in [0.15, 0.2) is 9.84 Å². The van der Waals surface area contributed by atoms with Crippen LogP contribution in [-0.2, 0) is 19.4 Å². The van der Waals surface area contributed by atoms with Gasteiger partial charge in [0.25, 0.3) is 0 Å². The molecule has 0 spiro atoms. The van der Waals surface area contributed by atoms with Crippen LogP contribution in [0.5, 0.6) is 0 Å². The van der Waals surface area contributed by atoms with E-state index in [0.29, 0.717) is 32.0 Å². The Morgan fingerprint density at radius 2 is 2.15 bits per heavy atom. The van der Waals surface area contributed by atoms with Crippen molar-refractivity contribution in [1.29, 1.82) is 0 Å². The van der Waals surface area contributed by atoms with Crippen molar-refractivity contribution in [3.05, 3.63) is 0 Å². The second kappa shape index (κ2) is 6.41. The molecule has 116 valence electrons. The summed E-state index contributed by atoms with van der Waals surface area (Å²) in [6, 6.07) is -0.185. The standard InChI is InChI=1S/C13H24N2O4S/c1-10-7-14-8-12(10)13(16)15(4-5-19-2)11-3-6-20(17,18)9-11/h10-12,14H,3-9H2,1-2H3. The smallest absolute Gasteiger partial charge is 0.227 e. The molecule has 0 saturated carbocycles. The molecule has 7 heteroatoms. The monoisotopic (exact) mass is 304 g/mol. The van der Waals surface area contributed by atoms with Gasteiger partial charge in [-0.2, -0.15) is 0 Å². The summed E-state index contributed by atoms with van der Waals surface area (Å²) in [5, 5.41) is 3.22. The van der Waals surface area contributed by atoms with Gasteiger partial charge in [-0.25, -0.2) is 8.42 Å². The van der Waals surface area contributed by atoms with Crippen LogP contribution < -0.4 is 5.32 Å². The number of rotatable bonds is 5. The SMILES string of the molecule is COCCN(C(=O)C1CNCC1C)C1CCS(=O)(=O)C1. The van der Waals surface area contributed by atoms with Crippen LogP contribution in [0, 0.1) is 11.8 Å². The highest BCUT2D eigenvalue weighted by atomic mass is 32.2. The Hall–Kier alpha value is -0.660. The van der Waals surface area contributed by atoms with Crippen LogP contribution in [-0.4, -0.2) is 70.1 Å². The van der Waals surface area contributed by atoms with Crippen LogP contribution in [0.15, 0.2) is 0 Å². The zero-order valence-corrected chi connectivity index (χ0v) is 13.0. The van der Waals surface area contributed by atoms with Gasteiger partial charge in [0.05, 0.1) is 24.0 Å². The van der Waals surface area contributed by atoms with Gasteiger partial charge in [-0.05, 0) is 18.9 Å². The van der Waals surface area contributed by atoms with Gasteiger partial charge in [-0.3, -0.25) is 4.79 Å². The molecule has 0 aromatic heterocycles. The number of carbonyl (C=O) groups is 1. The molecule has 20 heavy (non-hydrogen) atoms. The highest BCUT2D eigenvalue weighted by molar-refractivity contribution is 7.91. The third-order valence-electron chi connectivity index (χ3n) is 4.30. The summed E-state index contributed by atoms with van der Waals surface area (Å²) in [6.45, 7) is 4.50. The van der Waals surface area contributed by atoms with Gasteiger partial charge >= 0.3 is 0 Å². The first-order chi connectivity index (χ1) is 9.44. The number of sulfone groups is 1. The maximum atomic E-state index is 12.7. The van der Waals surface area contributed by atoms with Gasteiger partial charge in [0.2, 0.25) is 5.91 Å². The first-order valence-corrected chi connectivity index (χ1v) is 8.97. The lowest BCUT2D eigenvalue weighted by atomic mass is 9.96. The van der Waals surface area contributed by atoms with E-state index in [9.17, 15) is 13.2 Å². The molecule has 0 radical (unpaired) electrons. The fourth-order valence-corrected chi connectivity index (χ4v) is 4.77. The molecular weight excluding hydrogens is 280 g/mol. The van der Waals surface area contributed by atoms with E-state index in [0.717, 1.165) is 6.54 Å². The van der Waals surface area contributed by atoms with Crippen molar-refractivity contribution in [2.45, 2.75) is 19.4 Å². The number of amides is 1. The highest BCUT2D eigenvalue weighted by Crippen LogP contribution is 2.24. The predicted molar refractivity (Wildman–Crippen MR) is 76.2 cm³/mol. The quantitative estimate of drug-likeness (QED) is 0.741. The Kier molecular flexibility index (Phi) is 5.04. The summed E-state index contributed by atoms with van der Waals surface area (Å²) in [5.74, 6) is 0.603. The van der Waals surface area contributed by atoms with E-state index in [1.165, 1.54) is 0 Å². The summed E-state index contributed by atoms with van der Waals surface area (Å²) >= 11 is 0. The van der Waals surface area contributed by atoms with Gasteiger partial charge in [0, 0.05) is 26.2 Å². The van der Waals surface area contributed by atoms with E-state index in [1.54, 1.807) is 12.0 Å². The van der Waals surface area contributed by atoms with E-state index in [-0.39, 0.29) is 29.4 Å². The van der Waals surface area contributed by atoms with Crippen LogP contribution >= 0.6 is 0 Å². The number of carbonyl (C=O) groups excluding carboxylic acids is 1. The third-order valence-corrected chi connectivity index (χ3v) is 6.05. The average Bonchev–Trinajstić information content (AvgIpc) is 2.95. The van der Waals surface area contributed by atoms with Crippen LogP contribution in [0.4, 0.5) is 0 Å². The zero-order valence-electron chi connectivity index (χ0n) is 12.2. The first-order valence-electron chi connectivity index (χ1n) is 7.15. The maximum absolute atomic E-state index is 12.7. The van der Waals surface area contributed by atoms with Crippen LogP contribution in [0.25, 0.3) is 0 Å². The predicted octanol–water partition coefficient (Wildman–Crippen LogP) is -0.496. The molecule has 1 amide bonds. The van der Waals surface area contributed by atoms with Crippen molar-refractivity contribution in [3.8, 4) is 0 Å². The van der Waals surface area contributed by atoms with Gasteiger partial charge in [-0.15, -0.1) is 0 Å². The number of hydrogen-bond donors (Lipinski definition) is 1. The lowest BCUT2D eigenvalue weighted by molar-refractivity contribution is -0.138. The first kappa shape index (κ1) is 15.7. The number of ether oxygens (including phenoxy) is 1. The molecule has 2 aliphatic rings. The fourth-order valence-electron chi connectivity index (χ4n) is 3.04. The molecular formula is C13H24N2O4S. The molecule has 0 aliphatic carbocycles. The zero-order chi connectivity index (χ0) is 14.8. The Bertz CT molecular complexity index is 451. The molecule has 2 heterocycles. The van der Waals surface area contributed by atoms with E-state index >= 15 is 0 Å². The van der Waals surface area contributed by atoms with Crippen molar-refractivity contribution in [2.75, 3.05) is 44.9 Å². The van der Waals surface area contributed by atoms with E-state index in [4.69, 9.17) is 4.74 Å². The number of nitrogens with one attached hydrogen (secondary N) is 1. The third kappa shape index (κ3) is 3.51. The van der Waals surface area contributed by atoms with Gasteiger partial charge in [0.1, 0.15) is 0 Å². The minimum Gasteiger partial charge on any atom is -0.383 e. The summed E-state index contributed by atoms with van der Waals surface area (Å²) in [4.78, 5) is 14.4. The average molecular weight is 304 g/mol. The summed E-state index contributed by atoms with van der Waals surface area (Å²) in [6.07, 6.45) is 0.548. The van der Waals surface area contributed by atoms with Crippen molar-refractivity contribution in [2.24, 2.45) is 11.8 Å². The van der Waals surface area contributed by atoms with Crippen molar-refractivity contribution in [3.63, 3.8) is 0 Å². The summed E-state index contributed by atoms with van der Waals surface area (Å²) < 4.78 is 28.4. The van der Waals surface area contributed by atoms with E-state index in [1.807, 2.05) is 0 Å². The minimum absolute atomic E-state index is 0.0461. The molecule has 2 aliphatic heterocycles. The lowest BCUT2D eigenvalue weighted by Crippen LogP contribution is -2.47.